The van der Waals surface area contributed by atoms with Gasteiger partial charge >= 0.3 is 0 Å². The zero-order valence-corrected chi connectivity index (χ0v) is 18.4. The minimum atomic E-state index is -0.696. The highest BCUT2D eigenvalue weighted by atomic mass is 79.9. The van der Waals surface area contributed by atoms with Crippen molar-refractivity contribution in [1.29, 1.82) is 0 Å². The Labute approximate surface area is 188 Å². The molecule has 0 spiro atoms. The van der Waals surface area contributed by atoms with Crippen molar-refractivity contribution in [2.24, 2.45) is 4.99 Å². The van der Waals surface area contributed by atoms with Gasteiger partial charge in [-0.2, -0.15) is 0 Å². The summed E-state index contributed by atoms with van der Waals surface area (Å²) in [5, 5.41) is 16.7. The van der Waals surface area contributed by atoms with E-state index in [1.165, 1.54) is 12.1 Å². The van der Waals surface area contributed by atoms with Crippen LogP contribution < -0.4 is 10.6 Å². The predicted octanol–water partition coefficient (Wildman–Crippen LogP) is 5.14. The molecule has 0 aliphatic heterocycles. The molecule has 0 unspecified atom stereocenters. The highest BCUT2D eigenvalue weighted by Gasteiger charge is 2.32. The third-order valence-electron chi connectivity index (χ3n) is 5.14. The molecule has 3 aromatic rings. The second-order valence-electron chi connectivity index (χ2n) is 7.44. The normalized spacial score (nSPS) is 17.9. The minimum Gasteiger partial charge on any atom is -0.390 e. The van der Waals surface area contributed by atoms with Crippen molar-refractivity contribution in [2.75, 3.05) is 5.32 Å². The van der Waals surface area contributed by atoms with Crippen LogP contribution in [0.4, 0.5) is 15.8 Å². The number of aliphatic imine (C=N–C) groups is 1. The monoisotopic (exact) mass is 481 g/mol. The Morgan fingerprint density at radius 3 is 2.52 bits per heavy atom. The molecule has 1 amide bonds. The summed E-state index contributed by atoms with van der Waals surface area (Å²) in [5.74, 6) is 0.0929. The average molecular weight is 482 g/mol. The molecule has 3 aromatic carbocycles. The molecule has 0 saturated heterocycles. The minimum absolute atomic E-state index is 0.239. The van der Waals surface area contributed by atoms with Crippen molar-refractivity contribution in [1.82, 2.24) is 5.32 Å². The summed E-state index contributed by atoms with van der Waals surface area (Å²) in [6.07, 6.45) is -0.220. The molecule has 4 rings (SSSR count). The molecule has 31 heavy (non-hydrogen) atoms. The summed E-state index contributed by atoms with van der Waals surface area (Å²) in [6, 6.07) is 18.3. The van der Waals surface area contributed by atoms with Crippen molar-refractivity contribution >= 4 is 39.0 Å². The summed E-state index contributed by atoms with van der Waals surface area (Å²) < 4.78 is 14.0. The number of carbonyl (C=O) groups is 1. The highest BCUT2D eigenvalue weighted by molar-refractivity contribution is 9.10. The van der Waals surface area contributed by atoms with Gasteiger partial charge in [0.25, 0.3) is 5.91 Å². The quantitative estimate of drug-likeness (QED) is 0.356. The van der Waals surface area contributed by atoms with E-state index in [-0.39, 0.29) is 11.7 Å². The summed E-state index contributed by atoms with van der Waals surface area (Å²) >= 11 is 3.36. The largest absolute Gasteiger partial charge is 0.390 e. The molecule has 2 atom stereocenters. The number of amides is 1. The van der Waals surface area contributed by atoms with Crippen LogP contribution in [0.25, 0.3) is 0 Å². The van der Waals surface area contributed by atoms with Crippen LogP contribution in [0.1, 0.15) is 34.5 Å². The van der Waals surface area contributed by atoms with Gasteiger partial charge in [-0.25, -0.2) is 9.38 Å². The molecule has 0 bridgehead atoms. The molecule has 7 heteroatoms. The number of anilines is 1. The number of halogens is 2. The molecular weight excluding hydrogens is 461 g/mol. The van der Waals surface area contributed by atoms with Crippen LogP contribution in [-0.4, -0.2) is 23.0 Å². The van der Waals surface area contributed by atoms with Crippen LogP contribution in [0.3, 0.4) is 0 Å². The van der Waals surface area contributed by atoms with Gasteiger partial charge in [0, 0.05) is 22.1 Å². The predicted molar refractivity (Wildman–Crippen MR) is 123 cm³/mol. The number of benzene rings is 3. The Morgan fingerprint density at radius 2 is 1.81 bits per heavy atom. The first-order chi connectivity index (χ1) is 14.9. The van der Waals surface area contributed by atoms with Gasteiger partial charge in [-0.3, -0.25) is 4.79 Å². The smallest absolute Gasteiger partial charge is 0.251 e. The fraction of sp³-hybridized carbons (Fsp3) is 0.167. The lowest BCUT2D eigenvalue weighted by atomic mass is 10.1. The van der Waals surface area contributed by atoms with Crippen molar-refractivity contribution in [3.05, 3.63) is 93.7 Å². The Kier molecular flexibility index (Phi) is 6.15. The zero-order valence-electron chi connectivity index (χ0n) is 16.8. The molecule has 1 aliphatic rings. The van der Waals surface area contributed by atoms with Gasteiger partial charge in [-0.1, -0.05) is 22.0 Å². The molecule has 0 fully saturated rings. The lowest BCUT2D eigenvalue weighted by molar-refractivity contribution is 0.0858. The van der Waals surface area contributed by atoms with E-state index in [0.29, 0.717) is 23.5 Å². The number of fused-ring (bicyclic) bond motifs is 1. The SMILES string of the molecule is CC(=Nc1ccc(F)cc1)Nc1ccc2c(c1)[C@@H](NC(=O)c1ccc(Br)cc1)[C@H](O)C2. The summed E-state index contributed by atoms with van der Waals surface area (Å²) in [6.45, 7) is 1.82. The third-order valence-corrected chi connectivity index (χ3v) is 5.67. The number of hydrogen-bond donors (Lipinski definition) is 3. The van der Waals surface area contributed by atoms with E-state index in [4.69, 9.17) is 0 Å². The second kappa shape index (κ2) is 8.99. The van der Waals surface area contributed by atoms with Crippen LogP contribution in [0.2, 0.25) is 0 Å². The van der Waals surface area contributed by atoms with Crippen molar-refractivity contribution in [2.45, 2.75) is 25.5 Å². The second-order valence-corrected chi connectivity index (χ2v) is 8.36. The maximum Gasteiger partial charge on any atom is 0.251 e. The zero-order chi connectivity index (χ0) is 22.0. The van der Waals surface area contributed by atoms with Crippen LogP contribution in [-0.2, 0) is 6.42 Å². The lowest BCUT2D eigenvalue weighted by Crippen LogP contribution is -2.33. The lowest BCUT2D eigenvalue weighted by Gasteiger charge is -2.19. The van der Waals surface area contributed by atoms with E-state index in [1.54, 1.807) is 36.4 Å². The van der Waals surface area contributed by atoms with E-state index in [0.717, 1.165) is 21.3 Å². The first kappa shape index (κ1) is 21.2. The Morgan fingerprint density at radius 1 is 1.10 bits per heavy atom. The van der Waals surface area contributed by atoms with Crippen LogP contribution in [0.15, 0.2) is 76.2 Å². The number of nitrogens with zero attached hydrogens (tertiary/aromatic N) is 1. The average Bonchev–Trinajstić information content (AvgIpc) is 3.05. The van der Waals surface area contributed by atoms with Gasteiger partial charge in [0.15, 0.2) is 0 Å². The van der Waals surface area contributed by atoms with Crippen LogP contribution in [0.5, 0.6) is 0 Å². The number of nitrogens with one attached hydrogen (secondary N) is 2. The number of rotatable bonds is 4. The van der Waals surface area contributed by atoms with Crippen molar-refractivity contribution in [3.8, 4) is 0 Å². The maximum atomic E-state index is 13.1. The molecule has 0 saturated carbocycles. The van der Waals surface area contributed by atoms with E-state index in [1.807, 2.05) is 25.1 Å². The van der Waals surface area contributed by atoms with E-state index >= 15 is 0 Å². The molecule has 1 aliphatic carbocycles. The number of hydrogen-bond acceptors (Lipinski definition) is 3. The molecule has 5 nitrogen and oxygen atoms in total. The van der Waals surface area contributed by atoms with Crippen LogP contribution >= 0.6 is 15.9 Å². The molecule has 0 radical (unpaired) electrons. The first-order valence-electron chi connectivity index (χ1n) is 9.84. The summed E-state index contributed by atoms with van der Waals surface area (Å²) in [4.78, 5) is 17.1. The van der Waals surface area contributed by atoms with Gasteiger partial charge < -0.3 is 15.7 Å². The molecule has 3 N–H and O–H groups in total. The molecular formula is C24H21BrFN3O2. The van der Waals surface area contributed by atoms with Crippen molar-refractivity contribution in [3.63, 3.8) is 0 Å². The van der Waals surface area contributed by atoms with Crippen molar-refractivity contribution < 1.29 is 14.3 Å². The van der Waals surface area contributed by atoms with Crippen LogP contribution in [0, 0.1) is 5.82 Å². The van der Waals surface area contributed by atoms with Gasteiger partial charge in [-0.05, 0) is 78.7 Å². The van der Waals surface area contributed by atoms with Gasteiger partial charge in [0.05, 0.1) is 17.8 Å². The molecule has 0 heterocycles. The number of aliphatic hydroxyl groups excluding tert-OH is 1. The van der Waals surface area contributed by atoms with E-state index in [9.17, 15) is 14.3 Å². The van der Waals surface area contributed by atoms with E-state index in [2.05, 4.69) is 31.6 Å². The fourth-order valence-electron chi connectivity index (χ4n) is 3.64. The molecule has 158 valence electrons. The third kappa shape index (κ3) is 5.00. The van der Waals surface area contributed by atoms with Gasteiger partial charge in [0.2, 0.25) is 0 Å². The van der Waals surface area contributed by atoms with Gasteiger partial charge in [-0.15, -0.1) is 0 Å². The standard InChI is InChI=1S/C24H21BrFN3O2/c1-14(27-19-10-7-18(26)8-11-19)28-20-9-4-16-12-22(30)23(21(16)13-20)29-24(31)15-2-5-17(25)6-3-15/h2-11,13,22-23,30H,12H2,1H3,(H,27,28)(H,29,31)/t22-,23-/m1/s1. The highest BCUT2D eigenvalue weighted by Crippen LogP contribution is 2.34. The van der Waals surface area contributed by atoms with E-state index < -0.39 is 12.1 Å². The fourth-order valence-corrected chi connectivity index (χ4v) is 3.91. The topological polar surface area (TPSA) is 73.7 Å². The maximum absolute atomic E-state index is 13.1. The number of amidine groups is 1. The number of aliphatic hydroxyl groups is 1. The number of carbonyl (C=O) groups excluding carboxylic acids is 1. The first-order valence-corrected chi connectivity index (χ1v) is 10.6. The molecule has 0 aromatic heterocycles. The van der Waals surface area contributed by atoms with Gasteiger partial charge in [0.1, 0.15) is 11.7 Å². The summed E-state index contributed by atoms with van der Waals surface area (Å²) in [5.41, 5.74) is 3.83. The Bertz CT molecular complexity index is 1130. The Hall–Kier alpha value is -3.03. The summed E-state index contributed by atoms with van der Waals surface area (Å²) in [7, 11) is 0. The Balaban J connectivity index is 1.51.